The molecular formula is C20H17NO2. The normalized spacial score (nSPS) is 13.5. The van der Waals surface area contributed by atoms with Crippen LogP contribution in [-0.2, 0) is 11.2 Å². The number of hydrogen-bond acceptors (Lipinski definition) is 2. The second-order valence-electron chi connectivity index (χ2n) is 5.90. The van der Waals surface area contributed by atoms with Crippen LogP contribution in [0.5, 0.6) is 5.75 Å². The largest absolute Gasteiger partial charge is 0.497 e. The first kappa shape index (κ1) is 13.8. The summed E-state index contributed by atoms with van der Waals surface area (Å²) < 4.78 is 5.27. The molecule has 0 spiro atoms. The molecule has 0 saturated carbocycles. The van der Waals surface area contributed by atoms with E-state index in [1.807, 2.05) is 25.2 Å². The number of fused-ring (bicyclic) bond motifs is 2. The summed E-state index contributed by atoms with van der Waals surface area (Å²) in [6.07, 6.45) is 0.491. The van der Waals surface area contributed by atoms with E-state index >= 15 is 0 Å². The quantitative estimate of drug-likeness (QED) is 0.715. The van der Waals surface area contributed by atoms with Crippen molar-refractivity contribution in [1.82, 2.24) is 0 Å². The minimum Gasteiger partial charge on any atom is -0.497 e. The molecule has 1 aliphatic heterocycles. The summed E-state index contributed by atoms with van der Waals surface area (Å²) >= 11 is 0. The van der Waals surface area contributed by atoms with Crippen molar-refractivity contribution in [3.05, 3.63) is 60.2 Å². The van der Waals surface area contributed by atoms with Crippen LogP contribution in [-0.4, -0.2) is 20.1 Å². The van der Waals surface area contributed by atoms with Crippen LogP contribution >= 0.6 is 0 Å². The van der Waals surface area contributed by atoms with Crippen LogP contribution < -0.4 is 9.64 Å². The van der Waals surface area contributed by atoms with E-state index in [2.05, 4.69) is 36.4 Å². The monoisotopic (exact) mass is 303 g/mol. The molecular weight excluding hydrogens is 286 g/mol. The Balaban J connectivity index is 1.78. The highest BCUT2D eigenvalue weighted by Gasteiger charge is 2.23. The second-order valence-corrected chi connectivity index (χ2v) is 5.90. The summed E-state index contributed by atoms with van der Waals surface area (Å²) in [5.74, 6) is 1.02. The number of carbonyl (C=O) groups is 1. The van der Waals surface area contributed by atoms with Crippen molar-refractivity contribution in [2.45, 2.75) is 6.42 Å². The third kappa shape index (κ3) is 2.25. The molecule has 0 unspecified atom stereocenters. The minimum atomic E-state index is 0.155. The lowest BCUT2D eigenvalue weighted by Gasteiger charge is -2.11. The summed E-state index contributed by atoms with van der Waals surface area (Å²) in [5.41, 5.74) is 4.42. The van der Waals surface area contributed by atoms with Crippen molar-refractivity contribution in [2.24, 2.45) is 0 Å². The first-order valence-corrected chi connectivity index (χ1v) is 7.63. The number of methoxy groups -OCH3 is 1. The molecule has 1 heterocycles. The van der Waals surface area contributed by atoms with Crippen molar-refractivity contribution in [3.8, 4) is 16.9 Å². The van der Waals surface area contributed by atoms with Crippen LogP contribution in [0.15, 0.2) is 54.6 Å². The number of likely N-dealkylation sites (N-methyl/N-ethyl adjacent to an activating group) is 1. The van der Waals surface area contributed by atoms with Crippen LogP contribution in [0.2, 0.25) is 0 Å². The standard InChI is InChI=1S/C20H17NO2/c1-21-19-8-6-15(10-17(19)12-20(21)22)13-3-4-16-11-18(23-2)7-5-14(16)9-13/h3-11H,12H2,1-2H3. The molecule has 3 nitrogen and oxygen atoms in total. The zero-order chi connectivity index (χ0) is 16.0. The van der Waals surface area contributed by atoms with Crippen LogP contribution in [0, 0.1) is 0 Å². The fraction of sp³-hybridized carbons (Fsp3) is 0.150. The van der Waals surface area contributed by atoms with Crippen molar-refractivity contribution in [3.63, 3.8) is 0 Å². The predicted molar refractivity (Wildman–Crippen MR) is 93.1 cm³/mol. The summed E-state index contributed by atoms with van der Waals surface area (Å²) in [6.45, 7) is 0. The van der Waals surface area contributed by atoms with E-state index in [9.17, 15) is 4.79 Å². The van der Waals surface area contributed by atoms with Crippen molar-refractivity contribution in [1.29, 1.82) is 0 Å². The van der Waals surface area contributed by atoms with Gasteiger partial charge in [-0.15, -0.1) is 0 Å². The smallest absolute Gasteiger partial charge is 0.231 e. The van der Waals surface area contributed by atoms with Gasteiger partial charge in [-0.2, -0.15) is 0 Å². The highest BCUT2D eigenvalue weighted by atomic mass is 16.5. The molecule has 3 aromatic rings. The number of amides is 1. The zero-order valence-electron chi connectivity index (χ0n) is 13.2. The Bertz CT molecular complexity index is 930. The number of rotatable bonds is 2. The molecule has 0 aliphatic carbocycles. The molecule has 23 heavy (non-hydrogen) atoms. The number of benzene rings is 3. The Morgan fingerprint density at radius 2 is 1.61 bits per heavy atom. The maximum absolute atomic E-state index is 11.8. The van der Waals surface area contributed by atoms with Gasteiger partial charge in [0.15, 0.2) is 0 Å². The molecule has 0 radical (unpaired) electrons. The topological polar surface area (TPSA) is 29.5 Å². The molecule has 0 N–H and O–H groups in total. The van der Waals surface area contributed by atoms with Gasteiger partial charge in [-0.3, -0.25) is 4.79 Å². The van der Waals surface area contributed by atoms with Gasteiger partial charge in [-0.25, -0.2) is 0 Å². The fourth-order valence-corrected chi connectivity index (χ4v) is 3.18. The van der Waals surface area contributed by atoms with E-state index in [4.69, 9.17) is 4.74 Å². The van der Waals surface area contributed by atoms with E-state index < -0.39 is 0 Å². The first-order valence-electron chi connectivity index (χ1n) is 7.63. The Labute approximate surface area is 135 Å². The van der Waals surface area contributed by atoms with Gasteiger partial charge in [0.25, 0.3) is 0 Å². The van der Waals surface area contributed by atoms with Crippen LogP contribution in [0.4, 0.5) is 5.69 Å². The van der Waals surface area contributed by atoms with E-state index in [-0.39, 0.29) is 5.91 Å². The number of hydrogen-bond donors (Lipinski definition) is 0. The van der Waals surface area contributed by atoms with Gasteiger partial charge in [0, 0.05) is 12.7 Å². The number of carbonyl (C=O) groups excluding carboxylic acids is 1. The number of nitrogens with zero attached hydrogens (tertiary/aromatic N) is 1. The molecule has 0 aromatic heterocycles. The third-order valence-corrected chi connectivity index (χ3v) is 4.54. The highest BCUT2D eigenvalue weighted by Crippen LogP contribution is 2.33. The second kappa shape index (κ2) is 5.13. The van der Waals surface area contributed by atoms with E-state index in [0.717, 1.165) is 33.5 Å². The van der Waals surface area contributed by atoms with Crippen molar-refractivity contribution >= 4 is 22.4 Å². The van der Waals surface area contributed by atoms with Gasteiger partial charge in [0.1, 0.15) is 5.75 Å². The molecule has 3 heteroatoms. The molecule has 0 bridgehead atoms. The Kier molecular flexibility index (Phi) is 3.08. The van der Waals surface area contributed by atoms with Crippen LogP contribution in [0.25, 0.3) is 21.9 Å². The Morgan fingerprint density at radius 1 is 0.913 bits per heavy atom. The zero-order valence-corrected chi connectivity index (χ0v) is 13.2. The molecule has 0 saturated heterocycles. The molecule has 0 atom stereocenters. The fourth-order valence-electron chi connectivity index (χ4n) is 3.18. The summed E-state index contributed by atoms with van der Waals surface area (Å²) in [7, 11) is 3.51. The molecule has 114 valence electrons. The molecule has 1 aliphatic rings. The molecule has 1 amide bonds. The lowest BCUT2D eigenvalue weighted by molar-refractivity contribution is -0.117. The van der Waals surface area contributed by atoms with E-state index in [0.29, 0.717) is 6.42 Å². The lowest BCUT2D eigenvalue weighted by Crippen LogP contribution is -2.20. The van der Waals surface area contributed by atoms with E-state index in [1.54, 1.807) is 12.0 Å². The number of ether oxygens (including phenoxy) is 1. The molecule has 0 fully saturated rings. The van der Waals surface area contributed by atoms with Crippen molar-refractivity contribution < 1.29 is 9.53 Å². The van der Waals surface area contributed by atoms with E-state index in [1.165, 1.54) is 5.39 Å². The maximum Gasteiger partial charge on any atom is 0.231 e. The molecule has 4 rings (SSSR count). The average molecular weight is 303 g/mol. The predicted octanol–water partition coefficient (Wildman–Crippen LogP) is 4.03. The average Bonchev–Trinajstić information content (AvgIpc) is 2.87. The first-order chi connectivity index (χ1) is 11.2. The van der Waals surface area contributed by atoms with Gasteiger partial charge in [0.2, 0.25) is 5.91 Å². The van der Waals surface area contributed by atoms with Crippen molar-refractivity contribution in [2.75, 3.05) is 19.1 Å². The Hall–Kier alpha value is -2.81. The minimum absolute atomic E-state index is 0.155. The van der Waals surface area contributed by atoms with Gasteiger partial charge in [-0.1, -0.05) is 24.3 Å². The number of anilines is 1. The maximum atomic E-state index is 11.8. The van der Waals surface area contributed by atoms with Crippen LogP contribution in [0.3, 0.4) is 0 Å². The summed E-state index contributed by atoms with van der Waals surface area (Å²) in [4.78, 5) is 13.6. The van der Waals surface area contributed by atoms with Gasteiger partial charge in [-0.05, 0) is 57.8 Å². The lowest BCUT2D eigenvalue weighted by atomic mass is 9.99. The third-order valence-electron chi connectivity index (χ3n) is 4.54. The van der Waals surface area contributed by atoms with Gasteiger partial charge >= 0.3 is 0 Å². The van der Waals surface area contributed by atoms with Gasteiger partial charge < -0.3 is 9.64 Å². The summed E-state index contributed by atoms with van der Waals surface area (Å²) in [5, 5.41) is 2.33. The summed E-state index contributed by atoms with van der Waals surface area (Å²) in [6, 6.07) is 18.7. The highest BCUT2D eigenvalue weighted by molar-refractivity contribution is 6.01. The Morgan fingerprint density at radius 3 is 2.43 bits per heavy atom. The molecule has 3 aromatic carbocycles. The SMILES string of the molecule is COc1ccc2cc(-c3ccc4c(c3)CC(=O)N4C)ccc2c1. The van der Waals surface area contributed by atoms with Gasteiger partial charge in [0.05, 0.1) is 13.5 Å². The van der Waals surface area contributed by atoms with Crippen LogP contribution in [0.1, 0.15) is 5.56 Å².